The van der Waals surface area contributed by atoms with Crippen LogP contribution >= 0.6 is 0 Å². The van der Waals surface area contributed by atoms with Crippen molar-refractivity contribution >= 4 is 11.6 Å². The molecular weight excluding hydrogens is 665 g/mol. The number of rotatable bonds is 6. The van der Waals surface area contributed by atoms with Crippen LogP contribution in [-0.4, -0.2) is 9.97 Å². The van der Waals surface area contributed by atoms with E-state index >= 15 is 0 Å². The average molecular weight is 705 g/mol. The van der Waals surface area contributed by atoms with Crippen molar-refractivity contribution in [3.63, 3.8) is 0 Å². The third kappa shape index (κ3) is 5.82. The molecule has 0 bridgehead atoms. The third-order valence-corrected chi connectivity index (χ3v) is 11.7. The molecule has 55 heavy (non-hydrogen) atoms. The molecule has 0 aliphatic heterocycles. The lowest BCUT2D eigenvalue weighted by atomic mass is 9.71. The second kappa shape index (κ2) is 13.3. The van der Waals surface area contributed by atoms with Gasteiger partial charge < -0.3 is 0 Å². The van der Waals surface area contributed by atoms with Gasteiger partial charge in [0.05, 0.1) is 11.4 Å². The highest BCUT2D eigenvalue weighted by molar-refractivity contribution is 5.82. The highest BCUT2D eigenvalue weighted by Crippen LogP contribution is 2.57. The second-order valence-corrected chi connectivity index (χ2v) is 15.4. The molecule has 2 unspecified atom stereocenters. The Hall–Kier alpha value is -6.64. The van der Waals surface area contributed by atoms with Gasteiger partial charge in [0, 0.05) is 33.9 Å². The van der Waals surface area contributed by atoms with Gasteiger partial charge in [-0.2, -0.15) is 0 Å². The van der Waals surface area contributed by atoms with Crippen molar-refractivity contribution in [2.45, 2.75) is 31.1 Å². The van der Waals surface area contributed by atoms with Crippen LogP contribution in [0.2, 0.25) is 0 Å². The minimum atomic E-state index is -0.202. The number of fused-ring (bicyclic) bond motifs is 4. The summed E-state index contributed by atoms with van der Waals surface area (Å²) in [4.78, 5) is 10.6. The van der Waals surface area contributed by atoms with Gasteiger partial charge in [-0.3, -0.25) is 0 Å². The molecule has 262 valence electrons. The lowest BCUT2D eigenvalue weighted by molar-refractivity contribution is 0.670. The first kappa shape index (κ1) is 33.0. The van der Waals surface area contributed by atoms with Crippen molar-refractivity contribution in [2.24, 2.45) is 0 Å². The van der Waals surface area contributed by atoms with Crippen LogP contribution in [-0.2, 0) is 5.41 Å². The van der Waals surface area contributed by atoms with E-state index in [1.54, 1.807) is 0 Å². The summed E-state index contributed by atoms with van der Waals surface area (Å²) in [5, 5.41) is 2.67. The number of benzene rings is 7. The van der Waals surface area contributed by atoms with Crippen LogP contribution in [0, 0.1) is 0 Å². The molecule has 2 heteroatoms. The zero-order valence-electron chi connectivity index (χ0n) is 31.0. The Balaban J connectivity index is 1.11. The molecule has 10 rings (SSSR count). The van der Waals surface area contributed by atoms with Crippen LogP contribution in [0.3, 0.4) is 0 Å². The molecule has 7 aromatic carbocycles. The van der Waals surface area contributed by atoms with Crippen LogP contribution in [0.25, 0.3) is 67.8 Å². The zero-order valence-corrected chi connectivity index (χ0v) is 31.0. The molecule has 0 amide bonds. The monoisotopic (exact) mass is 704 g/mol. The number of hydrogen-bond acceptors (Lipinski definition) is 2. The van der Waals surface area contributed by atoms with E-state index in [0.29, 0.717) is 0 Å². The van der Waals surface area contributed by atoms with E-state index in [-0.39, 0.29) is 17.3 Å². The van der Waals surface area contributed by atoms with Gasteiger partial charge in [-0.15, -0.1) is 0 Å². The first-order valence-electron chi connectivity index (χ1n) is 19.2. The largest absolute Gasteiger partial charge is 0.228 e. The Morgan fingerprint density at radius 1 is 0.436 bits per heavy atom. The van der Waals surface area contributed by atoms with Crippen LogP contribution < -0.4 is 10.4 Å². The van der Waals surface area contributed by atoms with Crippen LogP contribution in [0.1, 0.15) is 42.4 Å². The van der Waals surface area contributed by atoms with E-state index in [2.05, 4.69) is 208 Å². The molecule has 2 atom stereocenters. The Kier molecular flexibility index (Phi) is 7.99. The molecule has 0 radical (unpaired) electrons. The molecule has 0 spiro atoms. The van der Waals surface area contributed by atoms with Gasteiger partial charge in [-0.05, 0) is 73.2 Å². The van der Waals surface area contributed by atoms with Gasteiger partial charge >= 0.3 is 0 Å². The summed E-state index contributed by atoms with van der Waals surface area (Å²) in [5.74, 6) is 1.17. The highest BCUT2D eigenvalue weighted by atomic mass is 14.9. The number of aromatic nitrogens is 2. The Morgan fingerprint density at radius 2 is 0.982 bits per heavy atom. The van der Waals surface area contributed by atoms with E-state index in [9.17, 15) is 0 Å². The maximum Gasteiger partial charge on any atom is 0.160 e. The molecule has 0 saturated carbocycles. The first-order chi connectivity index (χ1) is 27.0. The standard InChI is InChI=1S/C53H40N2/c1-53(2)47-33-43(52-54-48(39-19-10-5-11-20-39)34-49(55-52)42-23-14-22-40(31-42)36-17-8-4-9-18-36)29-30-45(47)50-46(32-41-21-12-13-24-44(41)51(50)53)38-27-25-37(26-28-38)35-15-6-3-7-16-35/h3-34,46,50H,1-2H3. The molecule has 2 nitrogen and oxygen atoms in total. The van der Waals surface area contributed by atoms with Gasteiger partial charge in [-0.25, -0.2) is 9.97 Å². The maximum absolute atomic E-state index is 5.31. The van der Waals surface area contributed by atoms with Gasteiger partial charge in [0.1, 0.15) is 0 Å². The fraction of sp³-hybridized carbons (Fsp3) is 0.0943. The van der Waals surface area contributed by atoms with Gasteiger partial charge in [0.25, 0.3) is 0 Å². The number of hydrogen-bond donors (Lipinski definition) is 0. The molecule has 0 saturated heterocycles. The summed E-state index contributed by atoms with van der Waals surface area (Å²) in [6, 6.07) is 67.7. The summed E-state index contributed by atoms with van der Waals surface area (Å²) in [7, 11) is 0. The predicted molar refractivity (Wildman–Crippen MR) is 228 cm³/mol. The average Bonchev–Trinajstić information content (AvgIpc) is 3.50. The summed E-state index contributed by atoms with van der Waals surface area (Å²) in [6.07, 6.45) is 2.50. The fourth-order valence-corrected chi connectivity index (χ4v) is 9.04. The predicted octanol–water partition coefficient (Wildman–Crippen LogP) is 11.6. The quantitative estimate of drug-likeness (QED) is 0.172. The second-order valence-electron chi connectivity index (χ2n) is 15.4. The van der Waals surface area contributed by atoms with Crippen LogP contribution in [0.15, 0.2) is 188 Å². The highest BCUT2D eigenvalue weighted by Gasteiger charge is 2.46. The van der Waals surface area contributed by atoms with Gasteiger partial charge in [0.2, 0.25) is 0 Å². The van der Waals surface area contributed by atoms with E-state index in [4.69, 9.17) is 9.97 Å². The summed E-state index contributed by atoms with van der Waals surface area (Å²) in [5.41, 5.74) is 15.2. The molecule has 1 heterocycles. The molecular formula is C53H40N2. The smallest absolute Gasteiger partial charge is 0.160 e. The minimum Gasteiger partial charge on any atom is -0.228 e. The third-order valence-electron chi connectivity index (χ3n) is 11.7. The topological polar surface area (TPSA) is 25.8 Å². The van der Waals surface area contributed by atoms with Crippen molar-refractivity contribution in [2.75, 3.05) is 0 Å². The maximum atomic E-state index is 5.31. The van der Waals surface area contributed by atoms with E-state index in [1.165, 1.54) is 55.0 Å². The molecule has 8 aromatic rings. The number of nitrogens with zero attached hydrogens (tertiary/aromatic N) is 2. The molecule has 2 aliphatic rings. The van der Waals surface area contributed by atoms with Crippen molar-refractivity contribution in [3.05, 3.63) is 215 Å². The summed E-state index contributed by atoms with van der Waals surface area (Å²) in [6.45, 7) is 4.81. The molecule has 1 aromatic heterocycles. The van der Waals surface area contributed by atoms with Gasteiger partial charge in [-0.1, -0.05) is 190 Å². The lowest BCUT2D eigenvalue weighted by Crippen LogP contribution is -2.37. The molecule has 2 aliphatic carbocycles. The minimum absolute atomic E-state index is 0.202. The van der Waals surface area contributed by atoms with Crippen molar-refractivity contribution < 1.29 is 0 Å². The first-order valence-corrected chi connectivity index (χ1v) is 19.2. The SMILES string of the molecule is CC1(C)C2=c3ccccc3=CC(c3ccc(-c4ccccc4)cc3)C2c2ccc(-c3nc(-c4ccccc4)cc(-c4cccc(-c5ccccc5)c4)n3)cc21. The van der Waals surface area contributed by atoms with Crippen LogP contribution in [0.5, 0.6) is 0 Å². The molecule has 0 N–H and O–H groups in total. The Labute approximate surface area is 322 Å². The fourth-order valence-electron chi connectivity index (χ4n) is 9.04. The van der Waals surface area contributed by atoms with Crippen molar-refractivity contribution in [1.82, 2.24) is 9.97 Å². The van der Waals surface area contributed by atoms with Gasteiger partial charge in [0.15, 0.2) is 5.82 Å². The molecule has 0 fully saturated rings. The summed E-state index contributed by atoms with van der Waals surface area (Å²) >= 11 is 0. The van der Waals surface area contributed by atoms with E-state index in [1.807, 2.05) is 0 Å². The van der Waals surface area contributed by atoms with Crippen molar-refractivity contribution in [3.8, 4) is 56.2 Å². The van der Waals surface area contributed by atoms with E-state index < -0.39 is 0 Å². The Morgan fingerprint density at radius 3 is 1.69 bits per heavy atom. The zero-order chi connectivity index (χ0) is 36.9. The normalized spacial score (nSPS) is 16.4. The lowest BCUT2D eigenvalue weighted by Gasteiger charge is -2.31. The van der Waals surface area contributed by atoms with Crippen LogP contribution in [0.4, 0.5) is 0 Å². The van der Waals surface area contributed by atoms with E-state index in [0.717, 1.165) is 33.9 Å². The van der Waals surface area contributed by atoms with Crippen molar-refractivity contribution in [1.29, 1.82) is 0 Å². The summed E-state index contributed by atoms with van der Waals surface area (Å²) < 4.78 is 0. The Bertz CT molecular complexity index is 2820.